The number of rotatable bonds is 2. The smallest absolute Gasteiger partial charge is 0.258 e. The molecule has 1 N–H and O–H groups in total. The molecule has 18 heavy (non-hydrogen) atoms. The zero-order valence-electron chi connectivity index (χ0n) is 9.71. The number of H-pyrrole nitrogens is 1. The second-order valence-electron chi connectivity index (χ2n) is 4.08. The molecule has 4 heteroatoms. The third kappa shape index (κ3) is 2.00. The molecule has 0 atom stereocenters. The summed E-state index contributed by atoms with van der Waals surface area (Å²) in [5.74, 6) is 0.662. The van der Waals surface area contributed by atoms with E-state index < -0.39 is 0 Å². The maximum atomic E-state index is 11.9. The molecule has 3 rings (SSSR count). The largest absolute Gasteiger partial charge is 0.305 e. The molecule has 0 fully saturated rings. The Morgan fingerprint density at radius 2 is 1.83 bits per heavy atom. The second-order valence-corrected chi connectivity index (χ2v) is 4.08. The molecule has 0 bridgehead atoms. The number of para-hydroxylation sites is 1. The minimum Gasteiger partial charge on any atom is -0.305 e. The van der Waals surface area contributed by atoms with E-state index in [1.165, 1.54) is 0 Å². The van der Waals surface area contributed by atoms with E-state index in [0.29, 0.717) is 17.8 Å². The minimum atomic E-state index is -0.0906. The SMILES string of the molecule is O=c1[nH]c(C[n+]2ccccc2)nc2ccccc12. The maximum absolute atomic E-state index is 11.9. The highest BCUT2D eigenvalue weighted by molar-refractivity contribution is 5.77. The molecule has 0 aliphatic carbocycles. The van der Waals surface area contributed by atoms with Crippen molar-refractivity contribution < 1.29 is 4.57 Å². The Labute approximate surface area is 104 Å². The van der Waals surface area contributed by atoms with Crippen LogP contribution in [0.5, 0.6) is 0 Å². The number of aromatic amines is 1. The number of fused-ring (bicyclic) bond motifs is 1. The van der Waals surface area contributed by atoms with E-state index in [-0.39, 0.29) is 5.56 Å². The second kappa shape index (κ2) is 4.41. The molecule has 4 nitrogen and oxygen atoms in total. The summed E-state index contributed by atoms with van der Waals surface area (Å²) in [7, 11) is 0. The summed E-state index contributed by atoms with van der Waals surface area (Å²) in [5, 5.41) is 0.624. The summed E-state index contributed by atoms with van der Waals surface area (Å²) in [6, 6.07) is 13.2. The molecule has 2 aromatic heterocycles. The highest BCUT2D eigenvalue weighted by Gasteiger charge is 2.07. The van der Waals surface area contributed by atoms with Gasteiger partial charge in [-0.15, -0.1) is 0 Å². The lowest BCUT2D eigenvalue weighted by Gasteiger charge is -2.00. The van der Waals surface area contributed by atoms with Crippen molar-refractivity contribution in [3.63, 3.8) is 0 Å². The van der Waals surface area contributed by atoms with Crippen molar-refractivity contribution >= 4 is 10.9 Å². The van der Waals surface area contributed by atoms with Gasteiger partial charge >= 0.3 is 0 Å². The first kappa shape index (κ1) is 10.7. The van der Waals surface area contributed by atoms with Crippen LogP contribution in [0.1, 0.15) is 5.82 Å². The molecule has 0 amide bonds. The van der Waals surface area contributed by atoms with Crippen LogP contribution >= 0.6 is 0 Å². The summed E-state index contributed by atoms with van der Waals surface area (Å²) in [6.07, 6.45) is 3.88. The van der Waals surface area contributed by atoms with Crippen molar-refractivity contribution in [2.24, 2.45) is 0 Å². The average Bonchev–Trinajstić information content (AvgIpc) is 2.40. The van der Waals surface area contributed by atoms with Crippen LogP contribution in [0.2, 0.25) is 0 Å². The van der Waals surface area contributed by atoms with Crippen molar-refractivity contribution in [2.45, 2.75) is 6.54 Å². The van der Waals surface area contributed by atoms with Gasteiger partial charge in [0.15, 0.2) is 18.2 Å². The predicted octanol–water partition coefficient (Wildman–Crippen LogP) is 1.26. The fourth-order valence-electron chi connectivity index (χ4n) is 1.92. The Morgan fingerprint density at radius 3 is 2.67 bits per heavy atom. The van der Waals surface area contributed by atoms with E-state index in [9.17, 15) is 4.79 Å². The summed E-state index contributed by atoms with van der Waals surface area (Å²) >= 11 is 0. The first-order valence-electron chi connectivity index (χ1n) is 5.75. The minimum absolute atomic E-state index is 0.0906. The fraction of sp³-hybridized carbons (Fsp3) is 0.0714. The summed E-state index contributed by atoms with van der Waals surface area (Å²) in [5.41, 5.74) is 0.639. The summed E-state index contributed by atoms with van der Waals surface area (Å²) in [6.45, 7) is 0.556. The molecule has 0 saturated carbocycles. The first-order chi connectivity index (χ1) is 8.83. The van der Waals surface area contributed by atoms with Gasteiger partial charge in [0, 0.05) is 12.1 Å². The Morgan fingerprint density at radius 1 is 1.06 bits per heavy atom. The van der Waals surface area contributed by atoms with Crippen molar-refractivity contribution in [3.05, 3.63) is 71.0 Å². The Balaban J connectivity index is 2.06. The van der Waals surface area contributed by atoms with Crippen LogP contribution in [0.3, 0.4) is 0 Å². The standard InChI is InChI=1S/C14H11N3O/c18-14-11-6-2-3-7-12(11)15-13(16-14)10-17-8-4-1-5-9-17/h1-9H,10H2/p+1. The average molecular weight is 238 g/mol. The molecule has 2 heterocycles. The third-order valence-electron chi connectivity index (χ3n) is 2.77. The van der Waals surface area contributed by atoms with Crippen LogP contribution in [0, 0.1) is 0 Å². The quantitative estimate of drug-likeness (QED) is 0.683. The van der Waals surface area contributed by atoms with Crippen molar-refractivity contribution in [1.82, 2.24) is 9.97 Å². The summed E-state index contributed by atoms with van der Waals surface area (Å²) < 4.78 is 1.97. The molecule has 1 aromatic carbocycles. The number of hydrogen-bond donors (Lipinski definition) is 1. The maximum Gasteiger partial charge on any atom is 0.258 e. The number of hydrogen-bond acceptors (Lipinski definition) is 2. The number of aromatic nitrogens is 3. The molecule has 0 aliphatic heterocycles. The Bertz CT molecular complexity index is 735. The topological polar surface area (TPSA) is 49.6 Å². The molecule has 0 aliphatic rings. The Kier molecular flexibility index (Phi) is 2.61. The number of benzene rings is 1. The van der Waals surface area contributed by atoms with Gasteiger partial charge in [-0.1, -0.05) is 18.2 Å². The van der Waals surface area contributed by atoms with Gasteiger partial charge < -0.3 is 4.98 Å². The van der Waals surface area contributed by atoms with Gasteiger partial charge in [-0.2, -0.15) is 4.57 Å². The van der Waals surface area contributed by atoms with Crippen LogP contribution in [0.15, 0.2) is 59.7 Å². The van der Waals surface area contributed by atoms with Crippen molar-refractivity contribution in [1.29, 1.82) is 0 Å². The molecular weight excluding hydrogens is 226 g/mol. The zero-order valence-corrected chi connectivity index (χ0v) is 9.71. The molecule has 0 saturated heterocycles. The molecule has 3 aromatic rings. The van der Waals surface area contributed by atoms with Crippen LogP contribution in [0.4, 0.5) is 0 Å². The van der Waals surface area contributed by atoms with E-state index in [1.54, 1.807) is 6.07 Å². The van der Waals surface area contributed by atoms with Gasteiger partial charge in [0.1, 0.15) is 0 Å². The predicted molar refractivity (Wildman–Crippen MR) is 68.1 cm³/mol. The summed E-state index contributed by atoms with van der Waals surface area (Å²) in [4.78, 5) is 19.2. The van der Waals surface area contributed by atoms with Gasteiger partial charge in [0.25, 0.3) is 5.56 Å². The van der Waals surface area contributed by atoms with Crippen molar-refractivity contribution in [2.75, 3.05) is 0 Å². The van der Waals surface area contributed by atoms with Crippen LogP contribution in [-0.4, -0.2) is 9.97 Å². The lowest BCUT2D eigenvalue weighted by atomic mass is 10.2. The van der Waals surface area contributed by atoms with E-state index in [1.807, 2.05) is 53.4 Å². The Hall–Kier alpha value is -2.49. The fourth-order valence-corrected chi connectivity index (χ4v) is 1.92. The van der Waals surface area contributed by atoms with E-state index in [2.05, 4.69) is 9.97 Å². The van der Waals surface area contributed by atoms with Crippen LogP contribution in [-0.2, 0) is 6.54 Å². The van der Waals surface area contributed by atoms with Gasteiger partial charge in [0.05, 0.1) is 10.9 Å². The van der Waals surface area contributed by atoms with Gasteiger partial charge in [-0.05, 0) is 12.1 Å². The van der Waals surface area contributed by atoms with E-state index in [4.69, 9.17) is 0 Å². The zero-order chi connectivity index (χ0) is 12.4. The first-order valence-corrected chi connectivity index (χ1v) is 5.75. The van der Waals surface area contributed by atoms with Crippen molar-refractivity contribution in [3.8, 4) is 0 Å². The molecule has 0 spiro atoms. The van der Waals surface area contributed by atoms with Crippen LogP contribution < -0.4 is 10.1 Å². The number of pyridine rings is 1. The van der Waals surface area contributed by atoms with Crippen LogP contribution in [0.25, 0.3) is 10.9 Å². The molecule has 0 radical (unpaired) electrons. The normalized spacial score (nSPS) is 10.7. The van der Waals surface area contributed by atoms with E-state index >= 15 is 0 Å². The van der Waals surface area contributed by atoms with Gasteiger partial charge in [-0.3, -0.25) is 4.79 Å². The lowest BCUT2D eigenvalue weighted by Crippen LogP contribution is -2.34. The molecule has 0 unspecified atom stereocenters. The molecule has 88 valence electrons. The number of nitrogens with zero attached hydrogens (tertiary/aromatic N) is 2. The highest BCUT2D eigenvalue weighted by atomic mass is 16.1. The third-order valence-corrected chi connectivity index (χ3v) is 2.77. The monoisotopic (exact) mass is 238 g/mol. The number of nitrogens with one attached hydrogen (secondary N) is 1. The van der Waals surface area contributed by atoms with E-state index in [0.717, 1.165) is 5.52 Å². The van der Waals surface area contributed by atoms with Gasteiger partial charge in [0.2, 0.25) is 6.54 Å². The highest BCUT2D eigenvalue weighted by Crippen LogP contribution is 2.05. The lowest BCUT2D eigenvalue weighted by molar-refractivity contribution is -0.689. The molecular formula is C14H12N3O+. The van der Waals surface area contributed by atoms with Gasteiger partial charge in [-0.25, -0.2) is 4.98 Å².